The summed E-state index contributed by atoms with van der Waals surface area (Å²) in [7, 11) is 0. The van der Waals surface area contributed by atoms with Gasteiger partial charge in [-0.3, -0.25) is 4.90 Å². The van der Waals surface area contributed by atoms with Crippen LogP contribution >= 0.6 is 0 Å². The van der Waals surface area contributed by atoms with Gasteiger partial charge in [-0.2, -0.15) is 0 Å². The van der Waals surface area contributed by atoms with E-state index in [9.17, 15) is 5.11 Å². The van der Waals surface area contributed by atoms with E-state index in [4.69, 9.17) is 5.73 Å². The fraction of sp³-hybridized carbons (Fsp3) is 0.625. The lowest BCUT2D eigenvalue weighted by Crippen LogP contribution is -2.47. The van der Waals surface area contributed by atoms with E-state index >= 15 is 0 Å². The maximum absolute atomic E-state index is 10.1. The highest BCUT2D eigenvalue weighted by Crippen LogP contribution is 2.32. The molecule has 0 saturated carbocycles. The summed E-state index contributed by atoms with van der Waals surface area (Å²) < 4.78 is 0. The number of hydrogen-bond donors (Lipinski definition) is 2. The highest BCUT2D eigenvalue weighted by Gasteiger charge is 2.29. The van der Waals surface area contributed by atoms with Crippen LogP contribution in [0.3, 0.4) is 0 Å². The van der Waals surface area contributed by atoms with Gasteiger partial charge >= 0.3 is 0 Å². The first-order valence-electron chi connectivity index (χ1n) is 7.32. The molecule has 1 fully saturated rings. The molecule has 0 aliphatic carbocycles. The van der Waals surface area contributed by atoms with Gasteiger partial charge in [-0.1, -0.05) is 31.0 Å². The molecular formula is C16H26N2O. The number of likely N-dealkylation sites (tertiary alicyclic amines) is 1. The average molecular weight is 262 g/mol. The molecule has 1 aromatic carbocycles. The van der Waals surface area contributed by atoms with Crippen LogP contribution in [-0.4, -0.2) is 29.1 Å². The van der Waals surface area contributed by atoms with Crippen molar-refractivity contribution in [3.05, 3.63) is 29.3 Å². The third kappa shape index (κ3) is 3.10. The van der Waals surface area contributed by atoms with E-state index in [-0.39, 0.29) is 6.04 Å². The molecule has 3 N–H and O–H groups in total. The summed E-state index contributed by atoms with van der Waals surface area (Å²) >= 11 is 0. The van der Waals surface area contributed by atoms with E-state index < -0.39 is 0 Å². The van der Waals surface area contributed by atoms with Crippen molar-refractivity contribution in [3.63, 3.8) is 0 Å². The molecule has 3 atom stereocenters. The third-order valence-electron chi connectivity index (χ3n) is 4.53. The predicted octanol–water partition coefficient (Wildman–Crippen LogP) is 2.82. The summed E-state index contributed by atoms with van der Waals surface area (Å²) in [5.74, 6) is 0.976. The SMILES string of the molecule is CCC1CN(C(C)c2cc(C)ccc2O)CCC1N. The maximum Gasteiger partial charge on any atom is 0.120 e. The van der Waals surface area contributed by atoms with Crippen LogP contribution < -0.4 is 5.73 Å². The Balaban J connectivity index is 2.15. The zero-order valence-corrected chi connectivity index (χ0v) is 12.3. The summed E-state index contributed by atoms with van der Waals surface area (Å²) in [6.45, 7) is 8.51. The molecule has 3 unspecified atom stereocenters. The van der Waals surface area contributed by atoms with Gasteiger partial charge in [-0.25, -0.2) is 0 Å². The molecule has 3 heteroatoms. The van der Waals surface area contributed by atoms with Crippen molar-refractivity contribution in [1.29, 1.82) is 0 Å². The zero-order chi connectivity index (χ0) is 14.0. The van der Waals surface area contributed by atoms with Crippen molar-refractivity contribution in [1.82, 2.24) is 4.90 Å². The Labute approximate surface area is 116 Å². The molecule has 0 spiro atoms. The summed E-state index contributed by atoms with van der Waals surface area (Å²) in [4.78, 5) is 2.45. The molecule has 1 heterocycles. The number of nitrogens with two attached hydrogens (primary N) is 1. The summed E-state index contributed by atoms with van der Waals surface area (Å²) in [6.07, 6.45) is 2.18. The lowest BCUT2D eigenvalue weighted by molar-refractivity contribution is 0.113. The molecule has 2 rings (SSSR count). The minimum absolute atomic E-state index is 0.251. The van der Waals surface area contributed by atoms with E-state index in [0.29, 0.717) is 17.7 Å². The fourth-order valence-electron chi connectivity index (χ4n) is 3.07. The Hall–Kier alpha value is -1.06. The second kappa shape index (κ2) is 5.93. The maximum atomic E-state index is 10.1. The molecule has 106 valence electrons. The van der Waals surface area contributed by atoms with Gasteiger partial charge in [0.2, 0.25) is 0 Å². The van der Waals surface area contributed by atoms with Crippen LogP contribution in [0.15, 0.2) is 18.2 Å². The number of nitrogens with zero attached hydrogens (tertiary/aromatic N) is 1. The first-order chi connectivity index (χ1) is 9.02. The predicted molar refractivity (Wildman–Crippen MR) is 79.2 cm³/mol. The highest BCUT2D eigenvalue weighted by atomic mass is 16.3. The van der Waals surface area contributed by atoms with Gasteiger partial charge in [0.25, 0.3) is 0 Å². The van der Waals surface area contributed by atoms with Crippen molar-refractivity contribution >= 4 is 0 Å². The minimum Gasteiger partial charge on any atom is -0.508 e. The molecule has 1 aliphatic rings. The average Bonchev–Trinajstić information content (AvgIpc) is 2.41. The van der Waals surface area contributed by atoms with Crippen LogP contribution in [0.2, 0.25) is 0 Å². The Morgan fingerprint density at radius 1 is 1.47 bits per heavy atom. The van der Waals surface area contributed by atoms with Crippen molar-refractivity contribution < 1.29 is 5.11 Å². The minimum atomic E-state index is 0.251. The van der Waals surface area contributed by atoms with E-state index in [1.807, 2.05) is 6.07 Å². The Bertz CT molecular complexity index is 433. The number of phenols is 1. The van der Waals surface area contributed by atoms with Gasteiger partial charge in [-0.05, 0) is 32.3 Å². The van der Waals surface area contributed by atoms with Gasteiger partial charge in [0.1, 0.15) is 5.75 Å². The number of hydrogen-bond acceptors (Lipinski definition) is 3. The fourth-order valence-corrected chi connectivity index (χ4v) is 3.07. The molecule has 0 radical (unpaired) electrons. The monoisotopic (exact) mass is 262 g/mol. The molecule has 0 aromatic heterocycles. The largest absolute Gasteiger partial charge is 0.508 e. The van der Waals surface area contributed by atoms with E-state index in [1.165, 1.54) is 5.56 Å². The summed E-state index contributed by atoms with van der Waals surface area (Å²) in [5, 5.41) is 10.1. The molecule has 1 saturated heterocycles. The molecule has 0 bridgehead atoms. The number of aryl methyl sites for hydroxylation is 1. The number of benzene rings is 1. The Morgan fingerprint density at radius 2 is 2.21 bits per heavy atom. The molecule has 0 amide bonds. The third-order valence-corrected chi connectivity index (χ3v) is 4.53. The van der Waals surface area contributed by atoms with Crippen LogP contribution in [0.25, 0.3) is 0 Å². The van der Waals surface area contributed by atoms with Crippen molar-refractivity contribution in [2.45, 2.75) is 45.7 Å². The molecule has 1 aliphatic heterocycles. The highest BCUT2D eigenvalue weighted by molar-refractivity contribution is 5.37. The van der Waals surface area contributed by atoms with Gasteiger partial charge in [0.15, 0.2) is 0 Å². The van der Waals surface area contributed by atoms with Crippen LogP contribution in [0.5, 0.6) is 5.75 Å². The van der Waals surface area contributed by atoms with E-state index in [0.717, 1.165) is 31.5 Å². The molecule has 19 heavy (non-hydrogen) atoms. The van der Waals surface area contributed by atoms with E-state index in [2.05, 4.69) is 31.7 Å². The second-order valence-corrected chi connectivity index (χ2v) is 5.85. The standard InChI is InChI=1S/C16H26N2O/c1-4-13-10-18(8-7-15(13)17)12(3)14-9-11(2)5-6-16(14)19/h5-6,9,12-13,15,19H,4,7-8,10,17H2,1-3H3. The van der Waals surface area contributed by atoms with Crippen molar-refractivity contribution in [2.24, 2.45) is 11.7 Å². The molecule has 1 aromatic rings. The van der Waals surface area contributed by atoms with Crippen LogP contribution in [-0.2, 0) is 0 Å². The van der Waals surface area contributed by atoms with Gasteiger partial charge in [0.05, 0.1) is 0 Å². The molecule has 3 nitrogen and oxygen atoms in total. The second-order valence-electron chi connectivity index (χ2n) is 5.85. The lowest BCUT2D eigenvalue weighted by atomic mass is 9.89. The Kier molecular flexibility index (Phi) is 4.48. The van der Waals surface area contributed by atoms with Gasteiger partial charge in [0, 0.05) is 30.7 Å². The first-order valence-corrected chi connectivity index (χ1v) is 7.32. The normalized spacial score (nSPS) is 26.3. The smallest absolute Gasteiger partial charge is 0.120 e. The van der Waals surface area contributed by atoms with Crippen LogP contribution in [0, 0.1) is 12.8 Å². The zero-order valence-electron chi connectivity index (χ0n) is 12.3. The van der Waals surface area contributed by atoms with Crippen LogP contribution in [0.1, 0.15) is 43.9 Å². The van der Waals surface area contributed by atoms with E-state index in [1.54, 1.807) is 6.07 Å². The number of aromatic hydroxyl groups is 1. The Morgan fingerprint density at radius 3 is 2.89 bits per heavy atom. The topological polar surface area (TPSA) is 49.5 Å². The quantitative estimate of drug-likeness (QED) is 0.880. The first kappa shape index (κ1) is 14.4. The van der Waals surface area contributed by atoms with Gasteiger partial charge in [-0.15, -0.1) is 0 Å². The van der Waals surface area contributed by atoms with Crippen molar-refractivity contribution in [3.8, 4) is 5.75 Å². The summed E-state index contributed by atoms with van der Waals surface area (Å²) in [5.41, 5.74) is 8.40. The molecular weight excluding hydrogens is 236 g/mol. The number of phenolic OH excluding ortho intramolecular Hbond substituents is 1. The number of rotatable bonds is 3. The lowest BCUT2D eigenvalue weighted by Gasteiger charge is -2.40. The summed E-state index contributed by atoms with van der Waals surface area (Å²) in [6, 6.07) is 6.43. The number of piperidine rings is 1. The van der Waals surface area contributed by atoms with Crippen LogP contribution in [0.4, 0.5) is 0 Å². The van der Waals surface area contributed by atoms with Gasteiger partial charge < -0.3 is 10.8 Å². The van der Waals surface area contributed by atoms with Crippen molar-refractivity contribution in [2.75, 3.05) is 13.1 Å².